The van der Waals surface area contributed by atoms with E-state index in [9.17, 15) is 0 Å². The first-order valence-corrected chi connectivity index (χ1v) is 11.2. The quantitative estimate of drug-likeness (QED) is 0.358. The number of nitrogens with zero attached hydrogens (tertiary/aromatic N) is 4. The van der Waals surface area contributed by atoms with Gasteiger partial charge in [-0.05, 0) is 18.1 Å². The minimum atomic E-state index is 0.676. The Morgan fingerprint density at radius 3 is 2.70 bits per heavy atom. The summed E-state index contributed by atoms with van der Waals surface area (Å²) in [5.74, 6) is 1.87. The molecule has 2 aromatic rings. The van der Waals surface area contributed by atoms with Crippen molar-refractivity contribution in [2.45, 2.75) is 62.9 Å². The molecule has 0 bridgehead atoms. The normalized spacial score (nSPS) is 13.2. The van der Waals surface area contributed by atoms with Gasteiger partial charge in [0.05, 0.1) is 6.21 Å². The predicted octanol–water partition coefficient (Wildman–Crippen LogP) is 6.02. The van der Waals surface area contributed by atoms with E-state index in [-0.39, 0.29) is 0 Å². The molecule has 1 aliphatic heterocycles. The van der Waals surface area contributed by atoms with E-state index in [1.54, 1.807) is 11.8 Å². The highest BCUT2D eigenvalue weighted by atomic mass is 35.5. The van der Waals surface area contributed by atoms with Gasteiger partial charge in [-0.2, -0.15) is 0 Å². The van der Waals surface area contributed by atoms with E-state index in [1.807, 2.05) is 24.4 Å². The highest BCUT2D eigenvalue weighted by molar-refractivity contribution is 7.98. The molecule has 6 heteroatoms. The minimum absolute atomic E-state index is 0.676. The van der Waals surface area contributed by atoms with Crippen molar-refractivity contribution in [3.05, 3.63) is 40.5 Å². The maximum absolute atomic E-state index is 6.33. The van der Waals surface area contributed by atoms with Gasteiger partial charge in [0, 0.05) is 24.4 Å². The number of imidazole rings is 1. The second kappa shape index (κ2) is 10.2. The lowest BCUT2D eigenvalue weighted by Crippen LogP contribution is -2.23. The van der Waals surface area contributed by atoms with Crippen LogP contribution in [0.3, 0.4) is 0 Å². The van der Waals surface area contributed by atoms with Gasteiger partial charge in [-0.1, -0.05) is 80.6 Å². The van der Waals surface area contributed by atoms with Gasteiger partial charge in [0.15, 0.2) is 11.0 Å². The molecule has 0 saturated carbocycles. The number of fused-ring (bicyclic) bond motifs is 1. The van der Waals surface area contributed by atoms with Crippen LogP contribution >= 0.6 is 23.4 Å². The molecule has 1 aromatic carbocycles. The van der Waals surface area contributed by atoms with Gasteiger partial charge >= 0.3 is 0 Å². The summed E-state index contributed by atoms with van der Waals surface area (Å²) in [7, 11) is 2.06. The molecule has 0 aliphatic carbocycles. The van der Waals surface area contributed by atoms with Crippen molar-refractivity contribution in [2.24, 2.45) is 4.99 Å². The SMILES string of the molecule is CCCCCCCCn1c(SCc2ccccc2Cl)nc2c1C=NCN2C. The number of unbranched alkanes of at least 4 members (excludes halogenated alkanes) is 5. The van der Waals surface area contributed by atoms with Crippen molar-refractivity contribution in [1.29, 1.82) is 0 Å². The fourth-order valence-corrected chi connectivity index (χ4v) is 4.61. The molecule has 4 nitrogen and oxygen atoms in total. The standard InChI is InChI=1S/C21H29ClN4S/c1-3-4-5-6-7-10-13-26-19-14-23-16-25(2)20(19)24-21(26)27-15-17-11-8-9-12-18(17)22/h8-9,11-12,14H,3-7,10,13,15-16H2,1-2H3. The number of anilines is 1. The summed E-state index contributed by atoms with van der Waals surface area (Å²) in [6.07, 6.45) is 9.74. The van der Waals surface area contributed by atoms with Crippen LogP contribution in [0.1, 0.15) is 56.7 Å². The lowest BCUT2D eigenvalue weighted by atomic mass is 10.1. The molecule has 1 aromatic heterocycles. The summed E-state index contributed by atoms with van der Waals surface area (Å²) < 4.78 is 2.34. The molecule has 0 saturated heterocycles. The fourth-order valence-electron chi connectivity index (χ4n) is 3.29. The molecule has 0 fully saturated rings. The monoisotopic (exact) mass is 404 g/mol. The topological polar surface area (TPSA) is 33.4 Å². The summed E-state index contributed by atoms with van der Waals surface area (Å²) in [6, 6.07) is 8.05. The molecule has 0 N–H and O–H groups in total. The zero-order valence-corrected chi connectivity index (χ0v) is 17.9. The molecular weight excluding hydrogens is 376 g/mol. The van der Waals surface area contributed by atoms with Gasteiger partial charge in [0.1, 0.15) is 12.4 Å². The molecule has 0 unspecified atom stereocenters. The van der Waals surface area contributed by atoms with Gasteiger partial charge in [-0.15, -0.1) is 0 Å². The van der Waals surface area contributed by atoms with Crippen LogP contribution in [-0.4, -0.2) is 29.5 Å². The van der Waals surface area contributed by atoms with E-state index in [0.29, 0.717) is 6.67 Å². The molecule has 0 radical (unpaired) electrons. The molecule has 3 rings (SSSR count). The number of rotatable bonds is 10. The van der Waals surface area contributed by atoms with E-state index >= 15 is 0 Å². The maximum atomic E-state index is 6.33. The summed E-state index contributed by atoms with van der Waals surface area (Å²) >= 11 is 8.09. The Hall–Kier alpha value is -1.46. The minimum Gasteiger partial charge on any atom is -0.338 e. The number of hydrogen-bond acceptors (Lipinski definition) is 4. The van der Waals surface area contributed by atoms with Crippen molar-refractivity contribution >= 4 is 35.4 Å². The number of hydrogen-bond donors (Lipinski definition) is 0. The smallest absolute Gasteiger partial charge is 0.171 e. The molecule has 1 aliphatic rings. The van der Waals surface area contributed by atoms with E-state index in [1.165, 1.54) is 38.5 Å². The zero-order valence-electron chi connectivity index (χ0n) is 16.3. The van der Waals surface area contributed by atoms with E-state index in [2.05, 4.69) is 34.5 Å². The van der Waals surface area contributed by atoms with Crippen LogP contribution in [0.2, 0.25) is 5.02 Å². The average molecular weight is 405 g/mol. The molecule has 0 spiro atoms. The van der Waals surface area contributed by atoms with Gasteiger partial charge in [0.25, 0.3) is 0 Å². The van der Waals surface area contributed by atoms with Crippen LogP contribution in [0.4, 0.5) is 5.82 Å². The first-order valence-electron chi connectivity index (χ1n) is 9.88. The Morgan fingerprint density at radius 1 is 1.11 bits per heavy atom. The van der Waals surface area contributed by atoms with Crippen molar-refractivity contribution in [2.75, 3.05) is 18.6 Å². The first-order chi connectivity index (χ1) is 13.2. The molecule has 2 heterocycles. The van der Waals surface area contributed by atoms with Gasteiger partial charge in [-0.25, -0.2) is 4.98 Å². The van der Waals surface area contributed by atoms with Crippen LogP contribution in [0.25, 0.3) is 0 Å². The number of halogens is 1. The van der Waals surface area contributed by atoms with Crippen molar-refractivity contribution < 1.29 is 0 Å². The van der Waals surface area contributed by atoms with E-state index in [4.69, 9.17) is 16.6 Å². The van der Waals surface area contributed by atoms with Crippen LogP contribution in [0, 0.1) is 0 Å². The lowest BCUT2D eigenvalue weighted by molar-refractivity contribution is 0.535. The Bertz CT molecular complexity index is 772. The zero-order chi connectivity index (χ0) is 19.1. The second-order valence-corrected chi connectivity index (χ2v) is 8.40. The highest BCUT2D eigenvalue weighted by Gasteiger charge is 2.21. The van der Waals surface area contributed by atoms with E-state index < -0.39 is 0 Å². The fraction of sp³-hybridized carbons (Fsp3) is 0.524. The van der Waals surface area contributed by atoms with Gasteiger partial charge in [0.2, 0.25) is 0 Å². The maximum Gasteiger partial charge on any atom is 0.171 e. The Kier molecular flexibility index (Phi) is 7.65. The summed E-state index contributed by atoms with van der Waals surface area (Å²) in [4.78, 5) is 11.5. The molecular formula is C21H29ClN4S. The van der Waals surface area contributed by atoms with Crippen LogP contribution in [-0.2, 0) is 12.3 Å². The third-order valence-corrected chi connectivity index (χ3v) is 6.27. The third kappa shape index (κ3) is 5.29. The molecule has 27 heavy (non-hydrogen) atoms. The molecule has 0 atom stereocenters. The van der Waals surface area contributed by atoms with Gasteiger partial charge < -0.3 is 9.47 Å². The van der Waals surface area contributed by atoms with Crippen molar-refractivity contribution in [3.8, 4) is 0 Å². The van der Waals surface area contributed by atoms with E-state index in [0.717, 1.165) is 39.6 Å². The summed E-state index contributed by atoms with van der Waals surface area (Å²) in [5, 5.41) is 1.89. The largest absolute Gasteiger partial charge is 0.338 e. The Labute approximate surface area is 172 Å². The molecule has 146 valence electrons. The van der Waals surface area contributed by atoms with Gasteiger partial charge in [-0.3, -0.25) is 4.99 Å². The number of thioether (sulfide) groups is 1. The second-order valence-electron chi connectivity index (χ2n) is 7.05. The Balaban J connectivity index is 1.70. The van der Waals surface area contributed by atoms with Crippen LogP contribution in [0.15, 0.2) is 34.4 Å². The number of aromatic nitrogens is 2. The number of aliphatic imine (C=N–C) groups is 1. The Morgan fingerprint density at radius 2 is 1.89 bits per heavy atom. The van der Waals surface area contributed by atoms with Crippen LogP contribution in [0.5, 0.6) is 0 Å². The van der Waals surface area contributed by atoms with Crippen LogP contribution < -0.4 is 4.90 Å². The van der Waals surface area contributed by atoms with Crippen molar-refractivity contribution in [3.63, 3.8) is 0 Å². The lowest BCUT2D eigenvalue weighted by Gasteiger charge is -2.19. The highest BCUT2D eigenvalue weighted by Crippen LogP contribution is 2.31. The third-order valence-electron chi connectivity index (χ3n) is 4.87. The van der Waals surface area contributed by atoms with Crippen molar-refractivity contribution in [1.82, 2.24) is 9.55 Å². The first kappa shape index (κ1) is 20.3. The summed E-state index contributed by atoms with van der Waals surface area (Å²) in [5.41, 5.74) is 2.29. The number of benzene rings is 1. The predicted molar refractivity (Wildman–Crippen MR) is 117 cm³/mol. The average Bonchev–Trinajstić information content (AvgIpc) is 3.03. The molecule has 0 amide bonds. The summed E-state index contributed by atoms with van der Waals surface area (Å²) in [6.45, 7) is 3.94.